The molecule has 0 aromatic rings. The Hall–Kier alpha value is -0.0800. The number of aliphatic hydroxyl groups excluding tert-OH is 2. The fraction of sp³-hybridized carbons (Fsp3) is 1.00. The smallest absolute Gasteiger partial charge is 0.0491 e. The quantitative estimate of drug-likeness (QED) is 0.549. The summed E-state index contributed by atoms with van der Waals surface area (Å²) >= 11 is 0. The first kappa shape index (κ1) is 5.69. The van der Waals surface area contributed by atoms with Gasteiger partial charge in [0, 0.05) is 13.2 Å². The second-order valence-corrected chi connectivity index (χ2v) is 3.48. The molecule has 2 bridgehead atoms. The maximum atomic E-state index is 8.87. The molecule has 52 valence electrons. The number of rotatable bonds is 2. The zero-order valence-corrected chi connectivity index (χ0v) is 5.38. The molecule has 1 atom stereocenters. The van der Waals surface area contributed by atoms with Crippen molar-refractivity contribution in [1.29, 1.82) is 0 Å². The lowest BCUT2D eigenvalue weighted by atomic mass is 9.38. The molecule has 3 saturated carbocycles. The average Bonchev–Trinajstić information content (AvgIpc) is 1.62. The maximum Gasteiger partial charge on any atom is 0.0491 e. The second-order valence-electron chi connectivity index (χ2n) is 3.48. The Morgan fingerprint density at radius 2 is 2.00 bits per heavy atom. The highest BCUT2D eigenvalue weighted by Crippen LogP contribution is 2.68. The third-order valence-corrected chi connectivity index (χ3v) is 3.20. The first-order valence-corrected chi connectivity index (χ1v) is 3.54. The van der Waals surface area contributed by atoms with Crippen LogP contribution in [0.4, 0.5) is 0 Å². The van der Waals surface area contributed by atoms with Gasteiger partial charge in [-0.1, -0.05) is 0 Å². The molecule has 0 heterocycles. The van der Waals surface area contributed by atoms with E-state index in [1.807, 2.05) is 0 Å². The molecule has 3 aliphatic carbocycles. The van der Waals surface area contributed by atoms with Gasteiger partial charge in [0.25, 0.3) is 0 Å². The zero-order valence-electron chi connectivity index (χ0n) is 5.38. The van der Waals surface area contributed by atoms with Gasteiger partial charge in [-0.05, 0) is 30.1 Å². The molecule has 2 nitrogen and oxygen atoms in total. The minimum absolute atomic E-state index is 0.180. The molecule has 2 N–H and O–H groups in total. The molecule has 0 amide bonds. The normalized spacial score (nSPS) is 54.0. The molecule has 2 heteroatoms. The standard InChI is InChI=1S/C7H12O2/c8-3-6-5-1-7(6,2-5)4-9/h5-6,8-9H,1-4H2. The van der Waals surface area contributed by atoms with Crippen molar-refractivity contribution in [2.45, 2.75) is 12.8 Å². The van der Waals surface area contributed by atoms with Crippen LogP contribution in [0.3, 0.4) is 0 Å². The lowest BCUT2D eigenvalue weighted by Crippen LogP contribution is -2.64. The predicted molar refractivity (Wildman–Crippen MR) is 32.8 cm³/mol. The van der Waals surface area contributed by atoms with Crippen LogP contribution >= 0.6 is 0 Å². The largest absolute Gasteiger partial charge is 0.396 e. The van der Waals surface area contributed by atoms with E-state index in [1.165, 1.54) is 0 Å². The maximum absolute atomic E-state index is 8.87. The Labute approximate surface area is 54.5 Å². The van der Waals surface area contributed by atoms with E-state index in [9.17, 15) is 0 Å². The topological polar surface area (TPSA) is 40.5 Å². The molecule has 3 rings (SSSR count). The molecule has 0 aromatic carbocycles. The van der Waals surface area contributed by atoms with Crippen molar-refractivity contribution in [3.8, 4) is 0 Å². The minimum atomic E-state index is 0.180. The minimum Gasteiger partial charge on any atom is -0.396 e. The van der Waals surface area contributed by atoms with Crippen molar-refractivity contribution in [3.63, 3.8) is 0 Å². The van der Waals surface area contributed by atoms with Crippen LogP contribution in [-0.4, -0.2) is 23.4 Å². The van der Waals surface area contributed by atoms with E-state index in [4.69, 9.17) is 10.2 Å². The summed E-state index contributed by atoms with van der Waals surface area (Å²) in [6, 6.07) is 0. The van der Waals surface area contributed by atoms with Gasteiger partial charge >= 0.3 is 0 Å². The molecule has 3 fully saturated rings. The lowest BCUT2D eigenvalue weighted by Gasteiger charge is -2.67. The highest BCUT2D eigenvalue weighted by atomic mass is 16.3. The predicted octanol–water partition coefficient (Wildman–Crippen LogP) is -0.00280. The van der Waals surface area contributed by atoms with Crippen molar-refractivity contribution in [2.75, 3.05) is 13.2 Å². The Morgan fingerprint density at radius 3 is 2.11 bits per heavy atom. The lowest BCUT2D eigenvalue weighted by molar-refractivity contribution is -0.225. The van der Waals surface area contributed by atoms with Crippen LogP contribution in [0.25, 0.3) is 0 Å². The molecule has 1 unspecified atom stereocenters. The van der Waals surface area contributed by atoms with Crippen LogP contribution in [0, 0.1) is 17.3 Å². The molecular weight excluding hydrogens is 116 g/mol. The Balaban J connectivity index is 2.01. The van der Waals surface area contributed by atoms with Crippen LogP contribution < -0.4 is 0 Å². The highest BCUT2D eigenvalue weighted by molar-refractivity contribution is 5.12. The third kappa shape index (κ3) is 0.447. The van der Waals surface area contributed by atoms with Crippen molar-refractivity contribution in [1.82, 2.24) is 0 Å². The Bertz CT molecular complexity index is 121. The average molecular weight is 128 g/mol. The molecule has 0 saturated heterocycles. The number of aliphatic hydroxyl groups is 2. The molecule has 9 heavy (non-hydrogen) atoms. The first-order chi connectivity index (χ1) is 4.32. The van der Waals surface area contributed by atoms with Crippen LogP contribution in [0.1, 0.15) is 12.8 Å². The summed E-state index contributed by atoms with van der Waals surface area (Å²) < 4.78 is 0. The summed E-state index contributed by atoms with van der Waals surface area (Å²) in [6.45, 7) is 0.569. The Morgan fingerprint density at radius 1 is 1.33 bits per heavy atom. The summed E-state index contributed by atoms with van der Waals surface area (Å²) in [7, 11) is 0. The zero-order chi connectivity index (χ0) is 6.48. The number of hydrogen-bond donors (Lipinski definition) is 2. The van der Waals surface area contributed by atoms with Crippen molar-refractivity contribution in [3.05, 3.63) is 0 Å². The molecule has 0 radical (unpaired) electrons. The van der Waals surface area contributed by atoms with E-state index in [-0.39, 0.29) is 18.6 Å². The Kier molecular flexibility index (Phi) is 0.945. The van der Waals surface area contributed by atoms with E-state index in [0.29, 0.717) is 5.92 Å². The van der Waals surface area contributed by atoms with Crippen molar-refractivity contribution < 1.29 is 10.2 Å². The summed E-state index contributed by atoms with van der Waals surface area (Å²) in [6.07, 6.45) is 2.32. The van der Waals surface area contributed by atoms with Crippen molar-refractivity contribution in [2.24, 2.45) is 17.3 Å². The fourth-order valence-corrected chi connectivity index (χ4v) is 2.34. The van der Waals surface area contributed by atoms with Gasteiger partial charge in [-0.3, -0.25) is 0 Å². The van der Waals surface area contributed by atoms with Crippen molar-refractivity contribution >= 4 is 0 Å². The van der Waals surface area contributed by atoms with E-state index in [1.54, 1.807) is 0 Å². The van der Waals surface area contributed by atoms with E-state index in [0.717, 1.165) is 18.8 Å². The van der Waals surface area contributed by atoms with Gasteiger partial charge in [-0.25, -0.2) is 0 Å². The van der Waals surface area contributed by atoms with Crippen LogP contribution in [0.2, 0.25) is 0 Å². The number of hydrogen-bond acceptors (Lipinski definition) is 2. The molecule has 0 aliphatic heterocycles. The fourth-order valence-electron chi connectivity index (χ4n) is 2.34. The van der Waals surface area contributed by atoms with E-state index < -0.39 is 0 Å². The SMILES string of the molecule is OCC1C2CC1(CO)C2. The summed E-state index contributed by atoms with van der Waals surface area (Å²) in [4.78, 5) is 0. The summed E-state index contributed by atoms with van der Waals surface area (Å²) in [5, 5.41) is 17.6. The van der Waals surface area contributed by atoms with Crippen LogP contribution in [0.5, 0.6) is 0 Å². The van der Waals surface area contributed by atoms with Gasteiger partial charge in [0.2, 0.25) is 0 Å². The van der Waals surface area contributed by atoms with Gasteiger partial charge < -0.3 is 10.2 Å². The van der Waals surface area contributed by atoms with Gasteiger partial charge in [0.1, 0.15) is 0 Å². The molecule has 0 aromatic heterocycles. The van der Waals surface area contributed by atoms with E-state index >= 15 is 0 Å². The van der Waals surface area contributed by atoms with Gasteiger partial charge in [0.05, 0.1) is 0 Å². The summed E-state index contributed by atoms with van der Waals surface area (Å²) in [5.41, 5.74) is 0.180. The van der Waals surface area contributed by atoms with Gasteiger partial charge in [-0.15, -0.1) is 0 Å². The summed E-state index contributed by atoms with van der Waals surface area (Å²) in [5.74, 6) is 1.20. The van der Waals surface area contributed by atoms with Gasteiger partial charge in [0.15, 0.2) is 0 Å². The van der Waals surface area contributed by atoms with Crippen LogP contribution in [-0.2, 0) is 0 Å². The second kappa shape index (κ2) is 1.50. The monoisotopic (exact) mass is 128 g/mol. The first-order valence-electron chi connectivity index (χ1n) is 3.54. The third-order valence-electron chi connectivity index (χ3n) is 3.20. The molecule has 3 aliphatic rings. The molecule has 0 spiro atoms. The molecular formula is C7H12O2. The highest BCUT2D eigenvalue weighted by Gasteiger charge is 2.64. The van der Waals surface area contributed by atoms with Gasteiger partial charge in [-0.2, -0.15) is 0 Å². The van der Waals surface area contributed by atoms with E-state index in [2.05, 4.69) is 0 Å². The van der Waals surface area contributed by atoms with Crippen LogP contribution in [0.15, 0.2) is 0 Å².